The molecule has 1 fully saturated rings. The molecule has 1 atom stereocenters. The molecule has 0 bridgehead atoms. The first-order valence-electron chi connectivity index (χ1n) is 11.3. The first kappa shape index (κ1) is 24.6. The van der Waals surface area contributed by atoms with E-state index in [1.54, 1.807) is 25.1 Å². The van der Waals surface area contributed by atoms with E-state index in [9.17, 15) is 22.8 Å². The lowest BCUT2D eigenvalue weighted by Crippen LogP contribution is -2.38. The number of hydrogen-bond donors (Lipinski definition) is 2. The fourth-order valence-electron chi connectivity index (χ4n) is 4.61. The van der Waals surface area contributed by atoms with E-state index < -0.39 is 18.0 Å². The number of rotatable bonds is 6. The lowest BCUT2D eigenvalue weighted by Gasteiger charge is -2.30. The van der Waals surface area contributed by atoms with Crippen LogP contribution in [0.15, 0.2) is 47.3 Å². The summed E-state index contributed by atoms with van der Waals surface area (Å²) in [6.07, 6.45) is -3.03. The average molecular weight is 489 g/mol. The van der Waals surface area contributed by atoms with E-state index in [-0.39, 0.29) is 17.2 Å². The molecule has 1 aliphatic heterocycles. The Kier molecular flexibility index (Phi) is 6.75. The fourth-order valence-corrected chi connectivity index (χ4v) is 4.61. The number of hydrogen-bond acceptors (Lipinski definition) is 5. The molecule has 1 aromatic heterocycles. The number of amides is 1. The highest BCUT2D eigenvalue weighted by atomic mass is 19.4. The lowest BCUT2D eigenvalue weighted by molar-refractivity contribution is -0.274. The van der Waals surface area contributed by atoms with E-state index >= 15 is 0 Å². The van der Waals surface area contributed by atoms with E-state index in [4.69, 9.17) is 0 Å². The first-order chi connectivity index (χ1) is 16.5. The molecule has 0 spiro atoms. The Labute approximate surface area is 200 Å². The summed E-state index contributed by atoms with van der Waals surface area (Å²) in [5.74, 6) is -1.01. The quantitative estimate of drug-likeness (QED) is 0.534. The largest absolute Gasteiger partial charge is 0.573 e. The number of aromatic amines is 1. The van der Waals surface area contributed by atoms with Crippen molar-refractivity contribution in [2.75, 3.05) is 37.4 Å². The van der Waals surface area contributed by atoms with E-state index in [0.29, 0.717) is 23.4 Å². The Bertz CT molecular complexity index is 1300. The van der Waals surface area contributed by atoms with Gasteiger partial charge in [0, 0.05) is 41.8 Å². The van der Waals surface area contributed by atoms with Crippen molar-refractivity contribution >= 4 is 28.2 Å². The molecule has 4 rings (SSSR count). The molecule has 1 unspecified atom stereocenters. The number of carbonyl (C=O) groups is 1. The summed E-state index contributed by atoms with van der Waals surface area (Å²) < 4.78 is 42.7. The third-order valence-electron chi connectivity index (χ3n) is 6.02. The number of aromatic nitrogens is 1. The van der Waals surface area contributed by atoms with Gasteiger partial charge in [-0.05, 0) is 75.8 Å². The SMILES string of the molecule is Cc1cc(=O)[nH]c2ccc(NC(=O)c3cc(OC(F)(F)F)ccc3N3CCCC3CN(C)C)cc12. The van der Waals surface area contributed by atoms with Crippen LogP contribution in [0.1, 0.15) is 28.8 Å². The Morgan fingerprint density at radius 3 is 2.69 bits per heavy atom. The van der Waals surface area contributed by atoms with Gasteiger partial charge in [0.1, 0.15) is 5.75 Å². The van der Waals surface area contributed by atoms with Crippen molar-refractivity contribution < 1.29 is 22.7 Å². The summed E-state index contributed by atoms with van der Waals surface area (Å²) in [5.41, 5.74) is 2.24. The van der Waals surface area contributed by atoms with Crippen LogP contribution in [0, 0.1) is 6.92 Å². The number of fused-ring (bicyclic) bond motifs is 1. The third-order valence-corrected chi connectivity index (χ3v) is 6.02. The molecule has 35 heavy (non-hydrogen) atoms. The monoisotopic (exact) mass is 488 g/mol. The molecule has 10 heteroatoms. The predicted molar refractivity (Wildman–Crippen MR) is 129 cm³/mol. The second kappa shape index (κ2) is 9.61. The van der Waals surface area contributed by atoms with Crippen LogP contribution >= 0.6 is 0 Å². The summed E-state index contributed by atoms with van der Waals surface area (Å²) in [5, 5.41) is 3.55. The minimum Gasteiger partial charge on any atom is -0.406 e. The zero-order chi connectivity index (χ0) is 25.3. The molecule has 0 aliphatic carbocycles. The highest BCUT2D eigenvalue weighted by Gasteiger charge is 2.33. The Morgan fingerprint density at radius 1 is 1.20 bits per heavy atom. The number of pyridine rings is 1. The van der Waals surface area contributed by atoms with Crippen LogP contribution in [0.3, 0.4) is 0 Å². The molecule has 186 valence electrons. The van der Waals surface area contributed by atoms with Crippen molar-refractivity contribution in [3.05, 3.63) is 63.9 Å². The van der Waals surface area contributed by atoms with Gasteiger partial charge in [0.2, 0.25) is 5.56 Å². The maximum atomic E-state index is 13.4. The predicted octanol–water partition coefficient (Wildman–Crippen LogP) is 4.52. The summed E-state index contributed by atoms with van der Waals surface area (Å²) in [6.45, 7) is 3.24. The first-order valence-corrected chi connectivity index (χ1v) is 11.3. The average Bonchev–Trinajstić information content (AvgIpc) is 3.20. The van der Waals surface area contributed by atoms with Gasteiger partial charge in [0.05, 0.1) is 11.3 Å². The van der Waals surface area contributed by atoms with Gasteiger partial charge in [0.25, 0.3) is 5.91 Å². The minimum atomic E-state index is -4.87. The number of anilines is 2. The van der Waals surface area contributed by atoms with Crippen molar-refractivity contribution in [1.29, 1.82) is 0 Å². The van der Waals surface area contributed by atoms with Crippen LogP contribution in [-0.2, 0) is 0 Å². The molecule has 0 saturated carbocycles. The number of nitrogens with zero attached hydrogens (tertiary/aromatic N) is 2. The lowest BCUT2D eigenvalue weighted by atomic mass is 10.1. The molecule has 2 N–H and O–H groups in total. The van der Waals surface area contributed by atoms with Crippen molar-refractivity contribution in [2.24, 2.45) is 0 Å². The molecule has 3 aromatic rings. The molecule has 2 heterocycles. The number of aryl methyl sites for hydroxylation is 1. The van der Waals surface area contributed by atoms with Crippen molar-refractivity contribution in [3.8, 4) is 5.75 Å². The van der Waals surface area contributed by atoms with Gasteiger partial charge in [-0.25, -0.2) is 0 Å². The molecular formula is C25H27F3N4O3. The van der Waals surface area contributed by atoms with Crippen LogP contribution in [0.2, 0.25) is 0 Å². The maximum Gasteiger partial charge on any atom is 0.573 e. The normalized spacial score (nSPS) is 16.2. The number of carbonyl (C=O) groups excluding carboxylic acids is 1. The van der Waals surface area contributed by atoms with E-state index in [0.717, 1.165) is 36.4 Å². The van der Waals surface area contributed by atoms with Crippen LogP contribution in [0.4, 0.5) is 24.5 Å². The van der Waals surface area contributed by atoms with E-state index in [1.807, 2.05) is 19.0 Å². The number of benzene rings is 2. The third kappa shape index (κ3) is 5.76. The highest BCUT2D eigenvalue weighted by Crippen LogP contribution is 2.34. The molecule has 7 nitrogen and oxygen atoms in total. The Hall–Kier alpha value is -3.53. The summed E-state index contributed by atoms with van der Waals surface area (Å²) >= 11 is 0. The van der Waals surface area contributed by atoms with Crippen LogP contribution in [-0.4, -0.2) is 55.4 Å². The van der Waals surface area contributed by atoms with Gasteiger partial charge in [-0.3, -0.25) is 9.59 Å². The molecule has 2 aromatic carbocycles. The molecule has 1 amide bonds. The van der Waals surface area contributed by atoms with Gasteiger partial charge < -0.3 is 24.8 Å². The number of H-pyrrole nitrogens is 1. The molecular weight excluding hydrogens is 461 g/mol. The van der Waals surface area contributed by atoms with Gasteiger partial charge in [0.15, 0.2) is 0 Å². The fraction of sp³-hybridized carbons (Fsp3) is 0.360. The zero-order valence-corrected chi connectivity index (χ0v) is 19.7. The second-order valence-electron chi connectivity index (χ2n) is 9.01. The van der Waals surface area contributed by atoms with E-state index in [1.165, 1.54) is 18.2 Å². The summed E-state index contributed by atoms with van der Waals surface area (Å²) in [4.78, 5) is 31.9. The van der Waals surface area contributed by atoms with E-state index in [2.05, 4.69) is 19.9 Å². The Morgan fingerprint density at radius 2 is 1.97 bits per heavy atom. The zero-order valence-electron chi connectivity index (χ0n) is 19.7. The minimum absolute atomic E-state index is 0.0932. The summed E-state index contributed by atoms with van der Waals surface area (Å²) in [6, 6.07) is 10.5. The topological polar surface area (TPSA) is 77.7 Å². The van der Waals surface area contributed by atoms with Gasteiger partial charge in [-0.2, -0.15) is 0 Å². The molecule has 0 radical (unpaired) electrons. The number of nitrogens with one attached hydrogen (secondary N) is 2. The van der Waals surface area contributed by atoms with Crippen molar-refractivity contribution in [1.82, 2.24) is 9.88 Å². The van der Waals surface area contributed by atoms with Gasteiger partial charge in [-0.1, -0.05) is 0 Å². The summed E-state index contributed by atoms with van der Waals surface area (Å²) in [7, 11) is 3.92. The van der Waals surface area contributed by atoms with Crippen LogP contribution in [0.25, 0.3) is 10.9 Å². The van der Waals surface area contributed by atoms with Crippen molar-refractivity contribution in [3.63, 3.8) is 0 Å². The maximum absolute atomic E-state index is 13.4. The molecule has 1 aliphatic rings. The second-order valence-corrected chi connectivity index (χ2v) is 9.01. The number of likely N-dealkylation sites (N-methyl/N-ethyl adjacent to an activating group) is 1. The van der Waals surface area contributed by atoms with Gasteiger partial charge in [-0.15, -0.1) is 13.2 Å². The van der Waals surface area contributed by atoms with Gasteiger partial charge >= 0.3 is 6.36 Å². The number of alkyl halides is 3. The number of halogens is 3. The Balaban J connectivity index is 1.70. The number of ether oxygens (including phenoxy) is 1. The van der Waals surface area contributed by atoms with Crippen molar-refractivity contribution in [2.45, 2.75) is 32.2 Å². The van der Waals surface area contributed by atoms with Crippen LogP contribution in [0.5, 0.6) is 5.75 Å². The standard InChI is InChI=1S/C25H27F3N4O3/c1-15-11-23(33)30-21-8-6-16(12-19(15)21)29-24(34)20-13-18(35-25(26,27)28)7-9-22(20)32-10-4-5-17(32)14-31(2)3/h6-9,11-13,17H,4-5,10,14H2,1-3H3,(H,29,34)(H,30,33). The highest BCUT2D eigenvalue weighted by molar-refractivity contribution is 6.09. The molecule has 1 saturated heterocycles. The van der Waals surface area contributed by atoms with Crippen LogP contribution < -0.4 is 20.5 Å². The smallest absolute Gasteiger partial charge is 0.406 e.